The molecule has 11 heteroatoms. The predicted octanol–water partition coefficient (Wildman–Crippen LogP) is 5.00. The van der Waals surface area contributed by atoms with Gasteiger partial charge in [-0.25, -0.2) is 0 Å². The molecule has 9 nitrogen and oxygen atoms in total. The number of ether oxygens (including phenoxy) is 1. The van der Waals surface area contributed by atoms with Gasteiger partial charge in [0.25, 0.3) is 0 Å². The fourth-order valence-electron chi connectivity index (χ4n) is 5.41. The van der Waals surface area contributed by atoms with Crippen LogP contribution in [-0.2, 0) is 30.6 Å². The minimum Gasteiger partial charge on any atom is -0.481 e. The molecule has 1 aromatic carbocycles. The SMILES string of the molecule is CCC(C)C(=O)OC1CC=C(NOCc2c(Cl)cccc2Cl)C2=CC(=O)C(C)C(CCC(O)CC(O)CC(=O)O)C21. The molecule has 4 N–H and O–H groups in total. The summed E-state index contributed by atoms with van der Waals surface area (Å²) in [5.74, 6) is -2.90. The molecule has 226 valence electrons. The van der Waals surface area contributed by atoms with E-state index in [0.717, 1.165) is 0 Å². The van der Waals surface area contributed by atoms with Crippen molar-refractivity contribution in [1.82, 2.24) is 5.48 Å². The van der Waals surface area contributed by atoms with Crippen LogP contribution in [0, 0.1) is 23.7 Å². The van der Waals surface area contributed by atoms with Crippen LogP contribution in [0.2, 0.25) is 10.0 Å². The molecule has 0 saturated heterocycles. The van der Waals surface area contributed by atoms with Gasteiger partial charge in [0.1, 0.15) is 12.7 Å². The summed E-state index contributed by atoms with van der Waals surface area (Å²) in [6, 6.07) is 5.16. The first-order valence-corrected chi connectivity index (χ1v) is 14.7. The first-order chi connectivity index (χ1) is 19.4. The Morgan fingerprint density at radius 3 is 2.49 bits per heavy atom. The summed E-state index contributed by atoms with van der Waals surface area (Å²) in [5, 5.41) is 30.3. The number of halogens is 2. The zero-order valence-corrected chi connectivity index (χ0v) is 25.0. The van der Waals surface area contributed by atoms with Gasteiger partial charge in [-0.3, -0.25) is 24.7 Å². The molecule has 7 atom stereocenters. The Kier molecular flexibility index (Phi) is 12.2. The average Bonchev–Trinajstić information content (AvgIpc) is 2.90. The van der Waals surface area contributed by atoms with Crippen LogP contribution in [0.25, 0.3) is 0 Å². The van der Waals surface area contributed by atoms with Gasteiger partial charge in [-0.1, -0.05) is 56.1 Å². The second kappa shape index (κ2) is 15.2. The van der Waals surface area contributed by atoms with Crippen molar-refractivity contribution in [1.29, 1.82) is 0 Å². The number of nitrogens with one attached hydrogen (secondary N) is 1. The summed E-state index contributed by atoms with van der Waals surface area (Å²) in [4.78, 5) is 42.6. The normalized spacial score (nSPS) is 24.4. The highest BCUT2D eigenvalue weighted by molar-refractivity contribution is 6.35. The molecule has 1 aromatic rings. The van der Waals surface area contributed by atoms with E-state index >= 15 is 0 Å². The lowest BCUT2D eigenvalue weighted by Gasteiger charge is -2.43. The number of hydroxylamine groups is 1. The maximum absolute atomic E-state index is 13.1. The van der Waals surface area contributed by atoms with E-state index in [0.29, 0.717) is 46.1 Å². The number of carboxylic acids is 1. The molecule has 0 radical (unpaired) electrons. The molecule has 0 amide bonds. The van der Waals surface area contributed by atoms with Crippen LogP contribution in [0.4, 0.5) is 0 Å². The Balaban J connectivity index is 1.82. The Labute approximate surface area is 250 Å². The second-order valence-electron chi connectivity index (χ2n) is 10.9. The third-order valence-corrected chi connectivity index (χ3v) is 8.71. The van der Waals surface area contributed by atoms with Gasteiger partial charge < -0.3 is 20.1 Å². The van der Waals surface area contributed by atoms with Crippen LogP contribution in [0.15, 0.2) is 41.6 Å². The molecule has 41 heavy (non-hydrogen) atoms. The number of benzene rings is 1. The van der Waals surface area contributed by atoms with Crippen LogP contribution >= 0.6 is 23.2 Å². The molecular weight excluding hydrogens is 573 g/mol. The van der Waals surface area contributed by atoms with Gasteiger partial charge >= 0.3 is 11.9 Å². The summed E-state index contributed by atoms with van der Waals surface area (Å²) in [5.41, 5.74) is 4.78. The molecule has 7 unspecified atom stereocenters. The summed E-state index contributed by atoms with van der Waals surface area (Å²) < 4.78 is 5.99. The smallest absolute Gasteiger partial charge is 0.308 e. The highest BCUT2D eigenvalue weighted by atomic mass is 35.5. The van der Waals surface area contributed by atoms with Crippen molar-refractivity contribution >= 4 is 40.9 Å². The molecule has 0 fully saturated rings. The molecule has 3 rings (SSSR count). The number of rotatable bonds is 14. The quantitative estimate of drug-likeness (QED) is 0.169. The van der Waals surface area contributed by atoms with Crippen molar-refractivity contribution in [2.24, 2.45) is 23.7 Å². The van der Waals surface area contributed by atoms with Gasteiger partial charge in [-0.2, -0.15) is 0 Å². The maximum Gasteiger partial charge on any atom is 0.308 e. The summed E-state index contributed by atoms with van der Waals surface area (Å²) >= 11 is 12.5. The Morgan fingerprint density at radius 1 is 1.17 bits per heavy atom. The van der Waals surface area contributed by atoms with E-state index in [1.165, 1.54) is 0 Å². The minimum absolute atomic E-state index is 0.0683. The average molecular weight is 613 g/mol. The van der Waals surface area contributed by atoms with Crippen LogP contribution in [0.5, 0.6) is 0 Å². The van der Waals surface area contributed by atoms with Crippen LogP contribution in [0.3, 0.4) is 0 Å². The van der Waals surface area contributed by atoms with Gasteiger partial charge in [0.05, 0.1) is 30.2 Å². The van der Waals surface area contributed by atoms with E-state index in [-0.39, 0.29) is 49.0 Å². The highest BCUT2D eigenvalue weighted by Gasteiger charge is 2.45. The monoisotopic (exact) mass is 611 g/mol. The van der Waals surface area contributed by atoms with Crippen LogP contribution < -0.4 is 5.48 Å². The number of hydrogen-bond donors (Lipinski definition) is 4. The third kappa shape index (κ3) is 8.78. The number of aliphatic hydroxyl groups excluding tert-OH is 2. The number of fused-ring (bicyclic) bond motifs is 1. The van der Waals surface area contributed by atoms with E-state index in [9.17, 15) is 24.6 Å². The van der Waals surface area contributed by atoms with E-state index in [1.807, 2.05) is 26.8 Å². The number of aliphatic carboxylic acids is 1. The van der Waals surface area contributed by atoms with Gasteiger partial charge in [0.15, 0.2) is 5.78 Å². The number of allylic oxidation sites excluding steroid dienone is 2. The Bertz CT molecular complexity index is 1150. The van der Waals surface area contributed by atoms with Crippen molar-refractivity contribution in [2.75, 3.05) is 0 Å². The first kappa shape index (κ1) is 33.1. The number of ketones is 1. The molecule has 0 aliphatic heterocycles. The lowest BCUT2D eigenvalue weighted by atomic mass is 9.64. The van der Waals surface area contributed by atoms with E-state index in [1.54, 1.807) is 24.3 Å². The van der Waals surface area contributed by atoms with Gasteiger partial charge in [-0.15, -0.1) is 0 Å². The summed E-state index contributed by atoms with van der Waals surface area (Å²) in [6.07, 6.45) is 1.84. The topological polar surface area (TPSA) is 142 Å². The lowest BCUT2D eigenvalue weighted by molar-refractivity contribution is -0.157. The van der Waals surface area contributed by atoms with Crippen molar-refractivity contribution in [3.8, 4) is 0 Å². The maximum atomic E-state index is 13.1. The molecule has 0 heterocycles. The van der Waals surface area contributed by atoms with E-state index in [2.05, 4.69) is 5.48 Å². The zero-order valence-electron chi connectivity index (χ0n) is 23.5. The molecule has 2 aliphatic rings. The molecule has 0 aromatic heterocycles. The lowest BCUT2D eigenvalue weighted by Crippen LogP contribution is -2.45. The highest BCUT2D eigenvalue weighted by Crippen LogP contribution is 2.45. The fourth-order valence-corrected chi connectivity index (χ4v) is 5.91. The summed E-state index contributed by atoms with van der Waals surface area (Å²) in [7, 11) is 0. The third-order valence-electron chi connectivity index (χ3n) is 8.01. The van der Waals surface area contributed by atoms with Gasteiger partial charge in [0, 0.05) is 33.9 Å². The van der Waals surface area contributed by atoms with Crippen LogP contribution in [0.1, 0.15) is 64.9 Å². The summed E-state index contributed by atoms with van der Waals surface area (Å²) in [6.45, 7) is 5.61. The number of aliphatic hydroxyl groups is 2. The number of carboxylic acid groups (broad SMARTS) is 1. The van der Waals surface area contributed by atoms with Gasteiger partial charge in [0.2, 0.25) is 0 Å². The van der Waals surface area contributed by atoms with Gasteiger partial charge in [-0.05, 0) is 55.4 Å². The molecule has 2 aliphatic carbocycles. The van der Waals surface area contributed by atoms with Crippen molar-refractivity contribution in [3.63, 3.8) is 0 Å². The van der Waals surface area contributed by atoms with E-state index in [4.69, 9.17) is 37.9 Å². The zero-order chi connectivity index (χ0) is 30.3. The fraction of sp³-hybridized carbons (Fsp3) is 0.567. The standard InChI is InChI=1S/C30H39Cl2NO8/c1-4-16(2)30(39)41-27-11-10-25(33-40-15-22-23(31)6-5-7-24(22)32)21-14-26(36)17(3)20(29(21)27)9-8-18(34)12-19(35)13-28(37)38/h5-7,10,14,16-20,27,29,33-35H,4,8-9,11-13,15H2,1-3H3,(H,37,38). The minimum atomic E-state index is -1.18. The van der Waals surface area contributed by atoms with Crippen molar-refractivity contribution < 1.29 is 39.3 Å². The molecule has 0 spiro atoms. The van der Waals surface area contributed by atoms with Crippen molar-refractivity contribution in [2.45, 2.75) is 84.2 Å². The predicted molar refractivity (Wildman–Crippen MR) is 154 cm³/mol. The molecule has 0 bridgehead atoms. The number of carbonyl (C=O) groups is 3. The van der Waals surface area contributed by atoms with Crippen molar-refractivity contribution in [3.05, 3.63) is 57.2 Å². The molecular formula is C30H39Cl2NO8. The Hall–Kier alpha value is -2.43. The number of esters is 1. The largest absolute Gasteiger partial charge is 0.481 e. The second-order valence-corrected chi connectivity index (χ2v) is 11.7. The van der Waals surface area contributed by atoms with E-state index < -0.39 is 36.6 Å². The Morgan fingerprint density at radius 2 is 1.85 bits per heavy atom. The number of carbonyl (C=O) groups excluding carboxylic acids is 2. The van der Waals surface area contributed by atoms with Crippen LogP contribution in [-0.4, -0.2) is 51.4 Å². The number of hydrogen-bond acceptors (Lipinski definition) is 8. The first-order valence-electron chi connectivity index (χ1n) is 14.0. The molecule has 0 saturated carbocycles.